The van der Waals surface area contributed by atoms with Crippen molar-refractivity contribution in [2.24, 2.45) is 5.92 Å². The molecule has 0 unspecified atom stereocenters. The van der Waals surface area contributed by atoms with Gasteiger partial charge in [-0.25, -0.2) is 4.98 Å². The number of ether oxygens (including phenoxy) is 2. The molecule has 26 heavy (non-hydrogen) atoms. The minimum absolute atomic E-state index is 0.0244. The Morgan fingerprint density at radius 2 is 2.15 bits per heavy atom. The summed E-state index contributed by atoms with van der Waals surface area (Å²) in [6.07, 6.45) is 3.14. The number of hydrogen-bond acceptors (Lipinski definition) is 7. The number of rotatable bonds is 8. The van der Waals surface area contributed by atoms with E-state index in [1.807, 2.05) is 4.90 Å². The molecule has 0 bridgehead atoms. The molecule has 1 aliphatic heterocycles. The number of hydrogen-bond donors (Lipinski definition) is 0. The van der Waals surface area contributed by atoms with Crippen molar-refractivity contribution in [3.05, 3.63) is 27.9 Å². The molecule has 0 aliphatic carbocycles. The summed E-state index contributed by atoms with van der Waals surface area (Å²) in [6, 6.07) is 1.60. The normalized spacial score (nSPS) is 15.1. The molecule has 0 saturated carbocycles. The number of esters is 1. The fourth-order valence-corrected chi connectivity index (χ4v) is 3.12. The smallest absolute Gasteiger partial charge is 0.311 e. The Morgan fingerprint density at radius 3 is 2.73 bits per heavy atom. The van der Waals surface area contributed by atoms with Gasteiger partial charge in [0.1, 0.15) is 0 Å². The van der Waals surface area contributed by atoms with Crippen LogP contribution in [0.15, 0.2) is 12.3 Å². The summed E-state index contributed by atoms with van der Waals surface area (Å²) in [5, 5.41) is 11.7. The van der Waals surface area contributed by atoms with Gasteiger partial charge in [0, 0.05) is 38.1 Å². The first-order chi connectivity index (χ1) is 12.4. The highest BCUT2D eigenvalue weighted by molar-refractivity contribution is 5.73. The molecular formula is C18H27N3O5. The van der Waals surface area contributed by atoms with Crippen LogP contribution < -0.4 is 4.90 Å². The largest absolute Gasteiger partial charge is 0.466 e. The first-order valence-electron chi connectivity index (χ1n) is 9.05. The standard InChI is InChI=1S/C18H27N3O5/c1-4-26-17(22)10-14-9-16(21(23)24)18(19-11-14)20(12-13(2)3)15-5-7-25-8-6-15/h9,11,13,15H,4-8,10,12H2,1-3H3. The maximum atomic E-state index is 11.7. The molecule has 1 saturated heterocycles. The highest BCUT2D eigenvalue weighted by Gasteiger charge is 2.29. The number of carbonyl (C=O) groups is 1. The van der Waals surface area contributed by atoms with E-state index in [9.17, 15) is 14.9 Å². The van der Waals surface area contributed by atoms with Gasteiger partial charge >= 0.3 is 11.7 Å². The minimum Gasteiger partial charge on any atom is -0.466 e. The molecule has 0 aromatic carbocycles. The van der Waals surface area contributed by atoms with Crippen LogP contribution in [0.3, 0.4) is 0 Å². The van der Waals surface area contributed by atoms with E-state index in [0.717, 1.165) is 12.8 Å². The van der Waals surface area contributed by atoms with Crippen LogP contribution in [0.5, 0.6) is 0 Å². The Hall–Kier alpha value is -2.22. The lowest BCUT2D eigenvalue weighted by Crippen LogP contribution is -2.42. The monoisotopic (exact) mass is 365 g/mol. The highest BCUT2D eigenvalue weighted by Crippen LogP contribution is 2.31. The van der Waals surface area contributed by atoms with Crippen LogP contribution in [0, 0.1) is 16.0 Å². The highest BCUT2D eigenvalue weighted by atomic mass is 16.6. The van der Waals surface area contributed by atoms with Gasteiger partial charge in [0.15, 0.2) is 0 Å². The second-order valence-corrected chi connectivity index (χ2v) is 6.81. The van der Waals surface area contributed by atoms with Crippen molar-refractivity contribution in [2.75, 3.05) is 31.3 Å². The van der Waals surface area contributed by atoms with Gasteiger partial charge in [-0.1, -0.05) is 13.8 Å². The van der Waals surface area contributed by atoms with E-state index < -0.39 is 10.9 Å². The molecule has 8 nitrogen and oxygen atoms in total. The van der Waals surface area contributed by atoms with Crippen LogP contribution in [0.25, 0.3) is 0 Å². The van der Waals surface area contributed by atoms with Gasteiger partial charge in [0.2, 0.25) is 5.82 Å². The van der Waals surface area contributed by atoms with Crippen LogP contribution in [0.2, 0.25) is 0 Å². The zero-order chi connectivity index (χ0) is 19.1. The van der Waals surface area contributed by atoms with Crippen molar-refractivity contribution >= 4 is 17.5 Å². The Morgan fingerprint density at radius 1 is 1.46 bits per heavy atom. The fraction of sp³-hybridized carbons (Fsp3) is 0.667. The van der Waals surface area contributed by atoms with Gasteiger partial charge in [-0.05, 0) is 31.2 Å². The number of anilines is 1. The van der Waals surface area contributed by atoms with Crippen molar-refractivity contribution in [1.82, 2.24) is 4.98 Å². The maximum Gasteiger partial charge on any atom is 0.311 e. The van der Waals surface area contributed by atoms with Gasteiger partial charge in [0.25, 0.3) is 0 Å². The maximum absolute atomic E-state index is 11.7. The second-order valence-electron chi connectivity index (χ2n) is 6.81. The Balaban J connectivity index is 2.33. The molecule has 0 atom stereocenters. The molecule has 0 radical (unpaired) electrons. The Kier molecular flexibility index (Phi) is 7.32. The summed E-state index contributed by atoms with van der Waals surface area (Å²) in [5.74, 6) is 0.279. The third-order valence-electron chi connectivity index (χ3n) is 4.22. The number of aromatic nitrogens is 1. The number of nitro groups is 1. The fourth-order valence-electron chi connectivity index (χ4n) is 3.12. The summed E-state index contributed by atoms with van der Waals surface area (Å²) in [7, 11) is 0. The molecule has 1 aliphatic rings. The summed E-state index contributed by atoms with van der Waals surface area (Å²) in [4.78, 5) is 29.3. The predicted molar refractivity (Wildman–Crippen MR) is 97.3 cm³/mol. The average Bonchev–Trinajstić information content (AvgIpc) is 2.60. The number of nitrogens with zero attached hydrogens (tertiary/aromatic N) is 3. The van der Waals surface area contributed by atoms with Crippen LogP contribution in [0.4, 0.5) is 11.5 Å². The lowest BCUT2D eigenvalue weighted by Gasteiger charge is -2.36. The zero-order valence-corrected chi connectivity index (χ0v) is 15.6. The van der Waals surface area contributed by atoms with Gasteiger partial charge in [0.05, 0.1) is 18.0 Å². The minimum atomic E-state index is -0.427. The predicted octanol–water partition coefficient (Wildman–Crippen LogP) is 2.74. The summed E-state index contributed by atoms with van der Waals surface area (Å²) in [6.45, 7) is 8.12. The number of pyridine rings is 1. The van der Waals surface area contributed by atoms with Gasteiger partial charge in [-0.2, -0.15) is 0 Å². The van der Waals surface area contributed by atoms with Crippen LogP contribution in [-0.4, -0.2) is 48.3 Å². The number of carbonyl (C=O) groups excluding carboxylic acids is 1. The van der Waals surface area contributed by atoms with E-state index in [4.69, 9.17) is 9.47 Å². The van der Waals surface area contributed by atoms with E-state index in [0.29, 0.717) is 37.1 Å². The van der Waals surface area contributed by atoms with Gasteiger partial charge in [-0.3, -0.25) is 14.9 Å². The molecule has 144 valence electrons. The zero-order valence-electron chi connectivity index (χ0n) is 15.6. The average molecular weight is 365 g/mol. The molecule has 0 spiro atoms. The molecule has 1 aromatic rings. The van der Waals surface area contributed by atoms with Gasteiger partial charge in [-0.15, -0.1) is 0 Å². The van der Waals surface area contributed by atoms with E-state index >= 15 is 0 Å². The lowest BCUT2D eigenvalue weighted by atomic mass is 10.0. The molecule has 1 fully saturated rings. The molecule has 1 aromatic heterocycles. The molecule has 2 heterocycles. The van der Waals surface area contributed by atoms with Crippen LogP contribution >= 0.6 is 0 Å². The molecular weight excluding hydrogens is 338 g/mol. The van der Waals surface area contributed by atoms with Gasteiger partial charge < -0.3 is 14.4 Å². The first kappa shape index (κ1) is 20.1. The van der Waals surface area contributed by atoms with Crippen molar-refractivity contribution in [3.8, 4) is 0 Å². The Labute approximate surface area is 153 Å². The van der Waals surface area contributed by atoms with E-state index in [1.54, 1.807) is 6.92 Å². The van der Waals surface area contributed by atoms with Crippen molar-refractivity contribution < 1.29 is 19.2 Å². The summed E-state index contributed by atoms with van der Waals surface area (Å²) >= 11 is 0. The lowest BCUT2D eigenvalue weighted by molar-refractivity contribution is -0.384. The first-order valence-corrected chi connectivity index (χ1v) is 9.05. The third-order valence-corrected chi connectivity index (χ3v) is 4.22. The van der Waals surface area contributed by atoms with Crippen LogP contribution in [0.1, 0.15) is 39.2 Å². The summed E-state index contributed by atoms with van der Waals surface area (Å²) < 4.78 is 10.3. The Bertz CT molecular complexity index is 629. The van der Waals surface area contributed by atoms with E-state index in [1.165, 1.54) is 12.3 Å². The van der Waals surface area contributed by atoms with E-state index in [2.05, 4.69) is 18.8 Å². The van der Waals surface area contributed by atoms with Crippen LogP contribution in [-0.2, 0) is 20.7 Å². The van der Waals surface area contributed by atoms with Crippen molar-refractivity contribution in [3.63, 3.8) is 0 Å². The molecule has 8 heteroatoms. The van der Waals surface area contributed by atoms with Crippen molar-refractivity contribution in [2.45, 2.75) is 46.1 Å². The van der Waals surface area contributed by atoms with E-state index in [-0.39, 0.29) is 24.8 Å². The summed E-state index contributed by atoms with van der Waals surface area (Å²) in [5.41, 5.74) is 0.411. The molecule has 0 N–H and O–H groups in total. The second kappa shape index (κ2) is 9.47. The van der Waals surface area contributed by atoms with Crippen molar-refractivity contribution in [1.29, 1.82) is 0 Å². The molecule has 0 amide bonds. The molecule has 2 rings (SSSR count). The topological polar surface area (TPSA) is 94.8 Å². The quantitative estimate of drug-likeness (QED) is 0.397. The third kappa shape index (κ3) is 5.39. The SMILES string of the molecule is CCOC(=O)Cc1cnc(N(CC(C)C)C2CCOCC2)c([N+](=O)[O-])c1.